The lowest BCUT2D eigenvalue weighted by Gasteiger charge is -2.28. The summed E-state index contributed by atoms with van der Waals surface area (Å²) >= 11 is 0. The quantitative estimate of drug-likeness (QED) is 0.488. The van der Waals surface area contributed by atoms with Crippen LogP contribution >= 0.6 is 0 Å². The predicted molar refractivity (Wildman–Crippen MR) is 79.5 cm³/mol. The van der Waals surface area contributed by atoms with Crippen LogP contribution in [0.15, 0.2) is 18.2 Å². The lowest BCUT2D eigenvalue weighted by atomic mass is 10.0. The minimum Gasteiger partial charge on any atom is -0.480 e. The van der Waals surface area contributed by atoms with Crippen LogP contribution in [-0.2, 0) is 14.4 Å². The maximum absolute atomic E-state index is 12.7. The second-order valence-corrected chi connectivity index (χ2v) is 5.42. The molecule has 0 aliphatic carbocycles. The van der Waals surface area contributed by atoms with Gasteiger partial charge >= 0.3 is 5.97 Å². The van der Waals surface area contributed by atoms with Crippen LogP contribution in [0.3, 0.4) is 0 Å². The second-order valence-electron chi connectivity index (χ2n) is 5.42. The molecule has 0 radical (unpaired) electrons. The van der Waals surface area contributed by atoms with Crippen molar-refractivity contribution in [3.8, 4) is 0 Å². The molecule has 24 heavy (non-hydrogen) atoms. The lowest BCUT2D eigenvalue weighted by Crippen LogP contribution is -2.55. The fraction of sp³-hybridized carbons (Fsp3) is 0.267. The summed E-state index contributed by atoms with van der Waals surface area (Å²) in [4.78, 5) is 60.0. The molecule has 1 atom stereocenters. The van der Waals surface area contributed by atoms with Gasteiger partial charge in [-0.05, 0) is 12.1 Å². The van der Waals surface area contributed by atoms with Gasteiger partial charge in [0.1, 0.15) is 12.6 Å². The topological polar surface area (TPSA) is 133 Å². The van der Waals surface area contributed by atoms with Gasteiger partial charge in [-0.1, -0.05) is 6.07 Å². The van der Waals surface area contributed by atoms with Gasteiger partial charge in [0, 0.05) is 12.2 Å². The molecule has 0 spiro atoms. The number of nitrogens with one attached hydrogen (secondary N) is 2. The summed E-state index contributed by atoms with van der Waals surface area (Å²) in [6.45, 7) is -0.544. The van der Waals surface area contributed by atoms with Gasteiger partial charge in [0.05, 0.1) is 17.5 Å². The summed E-state index contributed by atoms with van der Waals surface area (Å²) in [5.41, 5.74) is 0.344. The van der Waals surface area contributed by atoms with Crippen molar-refractivity contribution >= 4 is 35.2 Å². The lowest BCUT2D eigenvalue weighted by molar-refractivity contribution is -0.135. The van der Waals surface area contributed by atoms with Gasteiger partial charge in [0.2, 0.25) is 5.91 Å². The Morgan fingerprint density at radius 3 is 2.67 bits per heavy atom. The number of aliphatic carboxylic acids is 1. The largest absolute Gasteiger partial charge is 0.480 e. The Balaban J connectivity index is 1.94. The first-order valence-corrected chi connectivity index (χ1v) is 7.16. The molecule has 0 saturated carbocycles. The Morgan fingerprint density at radius 2 is 2.00 bits per heavy atom. The average molecular weight is 331 g/mol. The van der Waals surface area contributed by atoms with Gasteiger partial charge in [-0.25, -0.2) is 0 Å². The first-order valence-electron chi connectivity index (χ1n) is 7.16. The first-order chi connectivity index (χ1) is 11.4. The molecule has 0 aromatic heterocycles. The van der Waals surface area contributed by atoms with Crippen molar-refractivity contribution in [1.82, 2.24) is 10.2 Å². The van der Waals surface area contributed by atoms with E-state index >= 15 is 0 Å². The van der Waals surface area contributed by atoms with Gasteiger partial charge in [0.25, 0.3) is 11.8 Å². The molecule has 1 aromatic carbocycles. The van der Waals surface area contributed by atoms with Crippen LogP contribution in [0.5, 0.6) is 0 Å². The number of amides is 3. The average Bonchev–Trinajstić information content (AvgIpc) is 2.78. The number of carboxylic acid groups (broad SMARTS) is 1. The number of imide groups is 1. The third-order valence-electron chi connectivity index (χ3n) is 3.89. The number of benzene rings is 1. The highest BCUT2D eigenvalue weighted by Crippen LogP contribution is 2.31. The van der Waals surface area contributed by atoms with Crippen molar-refractivity contribution in [3.05, 3.63) is 29.3 Å². The molecule has 2 aliphatic rings. The summed E-state index contributed by atoms with van der Waals surface area (Å²) in [5.74, 6) is -3.39. The molecule has 1 saturated heterocycles. The van der Waals surface area contributed by atoms with E-state index in [1.807, 2.05) is 0 Å². The third-order valence-corrected chi connectivity index (χ3v) is 3.89. The van der Waals surface area contributed by atoms with Crippen molar-refractivity contribution in [2.24, 2.45) is 0 Å². The molecule has 124 valence electrons. The molecule has 9 nitrogen and oxygen atoms in total. The van der Waals surface area contributed by atoms with Crippen LogP contribution in [0, 0.1) is 0 Å². The molecular weight excluding hydrogens is 318 g/mol. The molecule has 0 bridgehead atoms. The maximum Gasteiger partial charge on any atom is 0.322 e. The van der Waals surface area contributed by atoms with Crippen LogP contribution < -0.4 is 10.6 Å². The van der Waals surface area contributed by atoms with Gasteiger partial charge in [0.15, 0.2) is 5.78 Å². The van der Waals surface area contributed by atoms with E-state index in [1.165, 1.54) is 18.2 Å². The molecular formula is C15H13N3O6. The van der Waals surface area contributed by atoms with Crippen molar-refractivity contribution in [2.45, 2.75) is 12.5 Å². The molecule has 2 heterocycles. The Morgan fingerprint density at radius 1 is 1.25 bits per heavy atom. The molecule has 3 N–H and O–H groups in total. The van der Waals surface area contributed by atoms with Crippen LogP contribution in [0.2, 0.25) is 0 Å². The van der Waals surface area contributed by atoms with Crippen molar-refractivity contribution in [1.29, 1.82) is 0 Å². The van der Waals surface area contributed by atoms with E-state index < -0.39 is 42.1 Å². The van der Waals surface area contributed by atoms with Crippen molar-refractivity contribution in [2.75, 3.05) is 18.4 Å². The zero-order valence-corrected chi connectivity index (χ0v) is 12.4. The number of rotatable bonds is 4. The van der Waals surface area contributed by atoms with E-state index in [-0.39, 0.29) is 29.8 Å². The summed E-state index contributed by atoms with van der Waals surface area (Å²) in [6, 6.07) is 3.39. The van der Waals surface area contributed by atoms with Crippen LogP contribution in [0.4, 0.5) is 5.69 Å². The fourth-order valence-electron chi connectivity index (χ4n) is 2.80. The number of nitrogens with zero attached hydrogens (tertiary/aromatic N) is 1. The monoisotopic (exact) mass is 331 g/mol. The molecule has 3 amide bonds. The molecule has 1 fully saturated rings. The first kappa shape index (κ1) is 15.7. The normalized spacial score (nSPS) is 20.0. The number of hydrogen-bond donors (Lipinski definition) is 3. The second kappa shape index (κ2) is 5.76. The number of hydrogen-bond acceptors (Lipinski definition) is 6. The van der Waals surface area contributed by atoms with Crippen molar-refractivity contribution < 1.29 is 29.1 Å². The van der Waals surface area contributed by atoms with E-state index in [9.17, 15) is 24.0 Å². The van der Waals surface area contributed by atoms with E-state index in [4.69, 9.17) is 5.11 Å². The number of carbonyl (C=O) groups is 5. The highest BCUT2D eigenvalue weighted by atomic mass is 16.4. The van der Waals surface area contributed by atoms with Gasteiger partial charge in [-0.15, -0.1) is 0 Å². The molecule has 2 aliphatic heterocycles. The van der Waals surface area contributed by atoms with Gasteiger partial charge < -0.3 is 15.7 Å². The van der Waals surface area contributed by atoms with E-state index in [0.717, 1.165) is 4.90 Å². The summed E-state index contributed by atoms with van der Waals surface area (Å²) in [7, 11) is 0. The Hall–Kier alpha value is -3.23. The summed E-state index contributed by atoms with van der Waals surface area (Å²) in [6.07, 6.45) is -0.387. The maximum atomic E-state index is 12.7. The number of carbonyl (C=O) groups excluding carboxylic acids is 4. The number of fused-ring (bicyclic) bond motifs is 1. The van der Waals surface area contributed by atoms with Crippen molar-refractivity contribution in [3.63, 3.8) is 0 Å². The minimum absolute atomic E-state index is 0.0356. The fourth-order valence-corrected chi connectivity index (χ4v) is 2.80. The number of anilines is 1. The Kier molecular flexibility index (Phi) is 3.76. The van der Waals surface area contributed by atoms with E-state index in [1.54, 1.807) is 0 Å². The Bertz CT molecular complexity index is 787. The summed E-state index contributed by atoms with van der Waals surface area (Å²) in [5, 5.41) is 13.8. The van der Waals surface area contributed by atoms with Crippen LogP contribution in [0.1, 0.15) is 27.1 Å². The highest BCUT2D eigenvalue weighted by Gasteiger charge is 2.45. The van der Waals surface area contributed by atoms with Gasteiger partial charge in [-0.3, -0.25) is 28.9 Å². The standard InChI is InChI=1S/C15H13N3O6/c19-10-4-11(20)17-5-9(10)18-14(23)7-2-1-3-8(13(7)15(18)24)16-6-12(21)22/h1-3,9,16H,4-6H2,(H,17,20)(H,21,22). The molecule has 1 aromatic rings. The zero-order valence-electron chi connectivity index (χ0n) is 12.4. The summed E-state index contributed by atoms with van der Waals surface area (Å²) < 4.78 is 0. The van der Waals surface area contributed by atoms with E-state index in [2.05, 4.69) is 10.6 Å². The zero-order chi connectivity index (χ0) is 17.4. The van der Waals surface area contributed by atoms with E-state index in [0.29, 0.717) is 0 Å². The highest BCUT2D eigenvalue weighted by molar-refractivity contribution is 6.25. The number of carboxylic acids is 1. The number of ketones is 1. The Labute approximate surface area is 135 Å². The number of piperidine rings is 1. The SMILES string of the molecule is O=C(O)CNc1cccc2c1C(=O)N(C1CNC(=O)CC1=O)C2=O. The number of Topliss-reactive ketones (excluding diaryl/α,β-unsaturated/α-hetero) is 1. The smallest absolute Gasteiger partial charge is 0.322 e. The minimum atomic E-state index is -1.12. The van der Waals surface area contributed by atoms with Crippen LogP contribution in [0.25, 0.3) is 0 Å². The molecule has 1 unspecified atom stereocenters. The predicted octanol–water partition coefficient (Wildman–Crippen LogP) is -0.763. The van der Waals surface area contributed by atoms with Crippen LogP contribution in [-0.4, -0.2) is 58.6 Å². The molecule has 9 heteroatoms. The van der Waals surface area contributed by atoms with Gasteiger partial charge in [-0.2, -0.15) is 0 Å². The third kappa shape index (κ3) is 2.49. The molecule has 3 rings (SSSR count).